The van der Waals surface area contributed by atoms with Gasteiger partial charge in [0.1, 0.15) is 18.2 Å². The van der Waals surface area contributed by atoms with Crippen LogP contribution in [0.15, 0.2) is 48.5 Å². The third-order valence-corrected chi connectivity index (χ3v) is 2.97. The first kappa shape index (κ1) is 15.3. The molecule has 0 amide bonds. The summed E-state index contributed by atoms with van der Waals surface area (Å²) in [7, 11) is 0. The van der Waals surface area contributed by atoms with Crippen molar-refractivity contribution < 1.29 is 4.74 Å². The average Bonchev–Trinajstić information content (AvgIpc) is 2.46. The summed E-state index contributed by atoms with van der Waals surface area (Å²) < 4.78 is 5.67. The lowest BCUT2D eigenvalue weighted by Gasteiger charge is -2.17. The molecule has 110 valence electrons. The van der Waals surface area contributed by atoms with Gasteiger partial charge in [0, 0.05) is 5.69 Å². The predicted octanol–water partition coefficient (Wildman–Crippen LogP) is 3.14. The second kappa shape index (κ2) is 7.59. The lowest BCUT2D eigenvalue weighted by atomic mass is 10.3. The van der Waals surface area contributed by atoms with Crippen molar-refractivity contribution in [2.45, 2.75) is 19.9 Å². The van der Waals surface area contributed by atoms with Crippen LogP contribution in [0, 0.1) is 6.92 Å². The highest BCUT2D eigenvalue weighted by Crippen LogP contribution is 2.08. The summed E-state index contributed by atoms with van der Waals surface area (Å²) in [6.45, 7) is 4.49. The topological polar surface area (TPSA) is 46.2 Å². The van der Waals surface area contributed by atoms with Gasteiger partial charge in [0.2, 0.25) is 0 Å². The van der Waals surface area contributed by atoms with Gasteiger partial charge in [-0.1, -0.05) is 24.3 Å². The van der Waals surface area contributed by atoms with Gasteiger partial charge in [0.25, 0.3) is 0 Å². The van der Waals surface area contributed by atoms with E-state index in [0.29, 0.717) is 11.7 Å². The van der Waals surface area contributed by atoms with Gasteiger partial charge >= 0.3 is 0 Å². The molecule has 0 aliphatic rings. The maximum Gasteiger partial charge on any atom is 0.172 e. The zero-order chi connectivity index (χ0) is 15.1. The van der Waals surface area contributed by atoms with Gasteiger partial charge in [-0.2, -0.15) is 0 Å². The molecular formula is C16H19N3OS. The van der Waals surface area contributed by atoms with Gasteiger partial charge in [-0.05, 0) is 50.3 Å². The number of benzene rings is 1. The molecule has 2 aromatic rings. The highest BCUT2D eigenvalue weighted by atomic mass is 32.1. The lowest BCUT2D eigenvalue weighted by molar-refractivity contribution is 0.287. The van der Waals surface area contributed by atoms with E-state index in [1.54, 1.807) is 0 Å². The number of para-hydroxylation sites is 1. The molecule has 1 aromatic carbocycles. The van der Waals surface area contributed by atoms with E-state index in [4.69, 9.17) is 17.0 Å². The standard InChI is InChI=1S/C16H19N3OS/c1-12-7-6-10-15(17-12)19-16(21)18-13(2)11-20-14-8-4-3-5-9-14/h3-10,13H,11H2,1-2H3,(H2,17,18,19,21)/t13-/m1/s1. The number of thiocarbonyl (C=S) groups is 1. The molecule has 0 saturated carbocycles. The Morgan fingerprint density at radius 3 is 2.67 bits per heavy atom. The van der Waals surface area contributed by atoms with Gasteiger partial charge in [0.15, 0.2) is 5.11 Å². The molecule has 21 heavy (non-hydrogen) atoms. The molecule has 1 atom stereocenters. The molecule has 0 aliphatic heterocycles. The second-order valence-electron chi connectivity index (χ2n) is 4.79. The van der Waals surface area contributed by atoms with Crippen molar-refractivity contribution in [2.24, 2.45) is 0 Å². The van der Waals surface area contributed by atoms with Crippen LogP contribution in [-0.4, -0.2) is 22.7 Å². The number of pyridine rings is 1. The van der Waals surface area contributed by atoms with E-state index in [9.17, 15) is 0 Å². The van der Waals surface area contributed by atoms with E-state index in [1.807, 2.05) is 62.4 Å². The highest BCUT2D eigenvalue weighted by molar-refractivity contribution is 7.80. The summed E-state index contributed by atoms with van der Waals surface area (Å²) in [4.78, 5) is 4.34. The van der Waals surface area contributed by atoms with Crippen molar-refractivity contribution in [3.8, 4) is 5.75 Å². The quantitative estimate of drug-likeness (QED) is 0.831. The molecule has 0 spiro atoms. The van der Waals surface area contributed by atoms with E-state index in [1.165, 1.54) is 0 Å². The molecule has 0 radical (unpaired) electrons. The lowest BCUT2D eigenvalue weighted by Crippen LogP contribution is -2.39. The van der Waals surface area contributed by atoms with E-state index in [-0.39, 0.29) is 6.04 Å². The molecule has 1 heterocycles. The van der Waals surface area contributed by atoms with Gasteiger partial charge in [-0.15, -0.1) is 0 Å². The van der Waals surface area contributed by atoms with Crippen molar-refractivity contribution in [2.75, 3.05) is 11.9 Å². The van der Waals surface area contributed by atoms with E-state index < -0.39 is 0 Å². The number of hydrogen-bond acceptors (Lipinski definition) is 3. The minimum atomic E-state index is 0.0926. The maximum atomic E-state index is 5.67. The first-order chi connectivity index (χ1) is 10.1. The number of aromatic nitrogens is 1. The largest absolute Gasteiger partial charge is 0.491 e. The Morgan fingerprint density at radius 1 is 1.19 bits per heavy atom. The molecule has 0 fully saturated rings. The number of anilines is 1. The third kappa shape index (κ3) is 5.39. The molecule has 0 saturated heterocycles. The van der Waals surface area contributed by atoms with Crippen LogP contribution < -0.4 is 15.4 Å². The van der Waals surface area contributed by atoms with E-state index >= 15 is 0 Å². The molecular weight excluding hydrogens is 282 g/mol. The van der Waals surface area contributed by atoms with E-state index in [2.05, 4.69) is 15.6 Å². The highest BCUT2D eigenvalue weighted by Gasteiger charge is 2.06. The smallest absolute Gasteiger partial charge is 0.172 e. The van der Waals surface area contributed by atoms with Crippen LogP contribution in [0.25, 0.3) is 0 Å². The van der Waals surface area contributed by atoms with Crippen LogP contribution in [0.2, 0.25) is 0 Å². The predicted molar refractivity (Wildman–Crippen MR) is 89.7 cm³/mol. The van der Waals surface area contributed by atoms with Crippen LogP contribution in [0.3, 0.4) is 0 Å². The van der Waals surface area contributed by atoms with Crippen molar-refractivity contribution in [3.05, 3.63) is 54.2 Å². The van der Waals surface area contributed by atoms with Crippen LogP contribution in [0.5, 0.6) is 5.75 Å². The zero-order valence-electron chi connectivity index (χ0n) is 12.2. The Kier molecular flexibility index (Phi) is 5.51. The van der Waals surface area contributed by atoms with Crippen LogP contribution in [0.1, 0.15) is 12.6 Å². The molecule has 0 aliphatic carbocycles. The van der Waals surface area contributed by atoms with Gasteiger partial charge in [-0.25, -0.2) is 4.98 Å². The zero-order valence-corrected chi connectivity index (χ0v) is 13.0. The Balaban J connectivity index is 1.77. The number of hydrogen-bond donors (Lipinski definition) is 2. The van der Waals surface area contributed by atoms with Gasteiger partial charge in [-0.3, -0.25) is 0 Å². The Bertz CT molecular complexity index is 589. The normalized spacial score (nSPS) is 11.5. The Hall–Kier alpha value is -2.14. The fraction of sp³-hybridized carbons (Fsp3) is 0.250. The van der Waals surface area contributed by atoms with Gasteiger partial charge < -0.3 is 15.4 Å². The van der Waals surface area contributed by atoms with Crippen LogP contribution >= 0.6 is 12.2 Å². The summed E-state index contributed by atoms with van der Waals surface area (Å²) in [6.07, 6.45) is 0. The fourth-order valence-corrected chi connectivity index (χ4v) is 2.07. The Labute approximate surface area is 130 Å². The van der Waals surface area contributed by atoms with Crippen molar-refractivity contribution in [3.63, 3.8) is 0 Å². The minimum Gasteiger partial charge on any atom is -0.491 e. The first-order valence-electron chi connectivity index (χ1n) is 6.82. The summed E-state index contributed by atoms with van der Waals surface area (Å²) in [5, 5.41) is 6.78. The van der Waals surface area contributed by atoms with Crippen molar-refractivity contribution in [1.82, 2.24) is 10.3 Å². The molecule has 2 rings (SSSR count). The molecule has 0 unspecified atom stereocenters. The monoisotopic (exact) mass is 301 g/mol. The second-order valence-corrected chi connectivity index (χ2v) is 5.20. The molecule has 5 heteroatoms. The summed E-state index contributed by atoms with van der Waals surface area (Å²) in [5.74, 6) is 1.59. The van der Waals surface area contributed by atoms with Crippen molar-refractivity contribution in [1.29, 1.82) is 0 Å². The van der Waals surface area contributed by atoms with Crippen LogP contribution in [-0.2, 0) is 0 Å². The summed E-state index contributed by atoms with van der Waals surface area (Å²) in [5.41, 5.74) is 0.947. The molecule has 2 N–H and O–H groups in total. The number of rotatable bonds is 5. The molecule has 4 nitrogen and oxygen atoms in total. The SMILES string of the molecule is Cc1cccc(NC(=S)N[C@H](C)COc2ccccc2)n1. The summed E-state index contributed by atoms with van der Waals surface area (Å²) >= 11 is 5.27. The number of nitrogens with zero attached hydrogens (tertiary/aromatic N) is 1. The maximum absolute atomic E-state index is 5.67. The van der Waals surface area contributed by atoms with Crippen molar-refractivity contribution >= 4 is 23.1 Å². The summed E-state index contributed by atoms with van der Waals surface area (Å²) in [6, 6.07) is 15.6. The number of nitrogens with one attached hydrogen (secondary N) is 2. The van der Waals surface area contributed by atoms with Gasteiger partial charge in [0.05, 0.1) is 6.04 Å². The number of ether oxygens (including phenoxy) is 1. The average molecular weight is 301 g/mol. The van der Waals surface area contributed by atoms with E-state index in [0.717, 1.165) is 17.3 Å². The molecule has 1 aromatic heterocycles. The first-order valence-corrected chi connectivity index (χ1v) is 7.23. The van der Waals surface area contributed by atoms with Crippen LogP contribution in [0.4, 0.5) is 5.82 Å². The third-order valence-electron chi connectivity index (χ3n) is 2.75. The number of aryl methyl sites for hydroxylation is 1. The minimum absolute atomic E-state index is 0.0926. The fourth-order valence-electron chi connectivity index (χ4n) is 1.77. The molecule has 0 bridgehead atoms. The Morgan fingerprint density at radius 2 is 1.95 bits per heavy atom.